The Morgan fingerprint density at radius 1 is 1.26 bits per heavy atom. The van der Waals surface area contributed by atoms with Crippen LogP contribution in [0.15, 0.2) is 42.3 Å². The van der Waals surface area contributed by atoms with Gasteiger partial charge in [0.1, 0.15) is 11.3 Å². The van der Waals surface area contributed by atoms with E-state index >= 15 is 0 Å². The first-order chi connectivity index (χ1) is 16.7. The van der Waals surface area contributed by atoms with E-state index in [-0.39, 0.29) is 31.2 Å². The fraction of sp³-hybridized carbons (Fsp3) is 0.167. The Labute approximate surface area is 207 Å². The first kappa shape index (κ1) is 25.6. The molecule has 1 heterocycles. The zero-order chi connectivity index (χ0) is 25.4. The lowest BCUT2D eigenvalue weighted by molar-refractivity contribution is -0.116. The summed E-state index contributed by atoms with van der Waals surface area (Å²) in [7, 11) is -3.62. The number of aromatic nitrogens is 1. The van der Waals surface area contributed by atoms with Gasteiger partial charge in [0.2, 0.25) is 15.9 Å². The molecule has 0 aliphatic rings. The van der Waals surface area contributed by atoms with Gasteiger partial charge in [-0.15, -0.1) is 12.3 Å². The summed E-state index contributed by atoms with van der Waals surface area (Å²) in [5.41, 5.74) is 8.46. The number of nitrogens with one attached hydrogen (secondary N) is 3. The number of carbonyl (C=O) groups is 1. The number of fused-ring (bicyclic) bond motifs is 1. The van der Waals surface area contributed by atoms with Gasteiger partial charge < -0.3 is 21.5 Å². The number of anilines is 3. The molecule has 0 saturated carbocycles. The average molecular weight is 510 g/mol. The van der Waals surface area contributed by atoms with Gasteiger partial charge in [-0.25, -0.2) is 18.1 Å². The quantitative estimate of drug-likeness (QED) is 0.279. The summed E-state index contributed by atoms with van der Waals surface area (Å²) in [6.07, 6.45) is 5.68. The number of nitrogens with zero attached hydrogens (tertiary/aromatic N) is 1. The molecule has 0 aliphatic carbocycles. The Morgan fingerprint density at radius 3 is 2.77 bits per heavy atom. The van der Waals surface area contributed by atoms with E-state index in [1.54, 1.807) is 24.3 Å². The molecule has 9 nitrogen and oxygen atoms in total. The molecule has 1 amide bonds. The van der Waals surface area contributed by atoms with Crippen LogP contribution in [-0.2, 0) is 21.4 Å². The zero-order valence-corrected chi connectivity index (χ0v) is 20.2. The van der Waals surface area contributed by atoms with E-state index in [9.17, 15) is 18.3 Å². The van der Waals surface area contributed by atoms with Gasteiger partial charge in [0, 0.05) is 41.7 Å². The van der Waals surface area contributed by atoms with Crippen molar-refractivity contribution in [3.8, 4) is 29.9 Å². The number of rotatable bonds is 9. The Hall–Kier alpha value is -4.03. The van der Waals surface area contributed by atoms with E-state index in [1.807, 2.05) is 0 Å². The lowest BCUT2D eigenvalue weighted by Gasteiger charge is -2.12. The van der Waals surface area contributed by atoms with Gasteiger partial charge in [0.25, 0.3) is 0 Å². The minimum Gasteiger partial charge on any atom is -0.506 e. The first-order valence-corrected chi connectivity index (χ1v) is 12.7. The van der Waals surface area contributed by atoms with Crippen LogP contribution < -0.4 is 21.1 Å². The molecule has 3 aromatic rings. The number of carbonyl (C=O) groups excluding carboxylic acids is 1. The van der Waals surface area contributed by atoms with E-state index < -0.39 is 10.0 Å². The van der Waals surface area contributed by atoms with Gasteiger partial charge in [-0.1, -0.05) is 29.8 Å². The molecule has 0 radical (unpaired) electrons. The molecule has 0 aliphatic heterocycles. The van der Waals surface area contributed by atoms with Crippen LogP contribution in [0.5, 0.6) is 5.75 Å². The number of aromatic hydroxyl groups is 1. The average Bonchev–Trinajstić information content (AvgIpc) is 3.20. The summed E-state index contributed by atoms with van der Waals surface area (Å²) < 4.78 is 26.6. The van der Waals surface area contributed by atoms with Crippen LogP contribution in [0.25, 0.3) is 10.2 Å². The molecule has 0 bridgehead atoms. The number of amides is 1. The van der Waals surface area contributed by atoms with Crippen molar-refractivity contribution < 1.29 is 18.3 Å². The van der Waals surface area contributed by atoms with E-state index in [0.717, 1.165) is 10.1 Å². The number of hydrogen-bond acceptors (Lipinski definition) is 8. The summed E-state index contributed by atoms with van der Waals surface area (Å²) in [6, 6.07) is 8.42. The highest BCUT2D eigenvalue weighted by atomic mass is 32.2. The first-order valence-electron chi connectivity index (χ1n) is 10.3. The number of phenolic OH excluding ortho intramolecular Hbond substituents is 1. The third-order valence-electron chi connectivity index (χ3n) is 4.57. The number of thiazole rings is 1. The van der Waals surface area contributed by atoms with E-state index in [4.69, 9.17) is 12.2 Å². The molecule has 1 aromatic heterocycles. The Balaban J connectivity index is 1.75. The fourth-order valence-electron chi connectivity index (χ4n) is 3.01. The normalized spacial score (nSPS) is 10.7. The van der Waals surface area contributed by atoms with Crippen molar-refractivity contribution >= 4 is 54.0 Å². The molecule has 0 unspecified atom stereocenters. The predicted molar refractivity (Wildman–Crippen MR) is 140 cm³/mol. The standard InChI is InChI=1S/C24H23N5O4S2/c1-3-5-8-22(31)28-19-11-17(15-27-35(32,33)4-2)10-18(14-19)26-9-6-7-16-12-20(30)23-21(13-16)34-24(25)29-23/h1,4,10-14,26-27,30H,2,5,8-9,15H2,(H2,25,29)(H,28,31). The van der Waals surface area contributed by atoms with Crippen molar-refractivity contribution in [1.29, 1.82) is 0 Å². The summed E-state index contributed by atoms with van der Waals surface area (Å²) in [6.45, 7) is 3.52. The van der Waals surface area contributed by atoms with E-state index in [2.05, 4.69) is 44.7 Å². The Kier molecular flexibility index (Phi) is 8.34. The predicted octanol–water partition coefficient (Wildman–Crippen LogP) is 2.96. The summed E-state index contributed by atoms with van der Waals surface area (Å²) in [5.74, 6) is 8.10. The molecule has 0 fully saturated rings. The minimum absolute atomic E-state index is 0.0000486. The zero-order valence-electron chi connectivity index (χ0n) is 18.6. The van der Waals surface area contributed by atoms with Crippen molar-refractivity contribution in [1.82, 2.24) is 9.71 Å². The molecular weight excluding hydrogens is 486 g/mol. The SMILES string of the molecule is C#CCCC(=O)Nc1cc(CNS(=O)(=O)C=C)cc(NCC#Cc2cc(O)c3nc(N)sc3c2)c1. The van der Waals surface area contributed by atoms with Crippen LogP contribution in [-0.4, -0.2) is 31.0 Å². The fourth-order valence-corrected chi connectivity index (χ4v) is 4.29. The molecule has 180 valence electrons. The van der Waals surface area contributed by atoms with Crippen LogP contribution in [0.3, 0.4) is 0 Å². The number of sulfonamides is 1. The monoisotopic (exact) mass is 509 g/mol. The van der Waals surface area contributed by atoms with Crippen LogP contribution >= 0.6 is 11.3 Å². The molecule has 0 saturated heterocycles. The van der Waals surface area contributed by atoms with Gasteiger partial charge in [-0.05, 0) is 35.9 Å². The van der Waals surface area contributed by atoms with Gasteiger partial charge in [0.05, 0.1) is 11.2 Å². The van der Waals surface area contributed by atoms with Crippen LogP contribution in [0.2, 0.25) is 0 Å². The molecule has 0 spiro atoms. The van der Waals surface area contributed by atoms with Crippen LogP contribution in [0, 0.1) is 24.2 Å². The summed E-state index contributed by atoms with van der Waals surface area (Å²) in [4.78, 5) is 16.2. The van der Waals surface area contributed by atoms with Crippen LogP contribution in [0.1, 0.15) is 24.0 Å². The molecular formula is C24H23N5O4S2. The third kappa shape index (κ3) is 7.48. The van der Waals surface area contributed by atoms with Gasteiger partial charge in [-0.3, -0.25) is 4.79 Å². The maximum absolute atomic E-state index is 12.1. The molecule has 11 heteroatoms. The van der Waals surface area contributed by atoms with Crippen molar-refractivity contribution in [2.45, 2.75) is 19.4 Å². The van der Waals surface area contributed by atoms with Crippen molar-refractivity contribution in [2.75, 3.05) is 22.9 Å². The highest BCUT2D eigenvalue weighted by molar-refractivity contribution is 7.92. The number of nitrogen functional groups attached to an aromatic ring is 1. The van der Waals surface area contributed by atoms with Gasteiger partial charge in [-0.2, -0.15) is 0 Å². The van der Waals surface area contributed by atoms with E-state index in [0.29, 0.717) is 39.6 Å². The smallest absolute Gasteiger partial charge is 0.233 e. The number of nitrogens with two attached hydrogens (primary N) is 1. The second kappa shape index (κ2) is 11.4. The molecule has 35 heavy (non-hydrogen) atoms. The highest BCUT2D eigenvalue weighted by Gasteiger charge is 2.09. The van der Waals surface area contributed by atoms with Crippen molar-refractivity contribution in [3.05, 3.63) is 53.4 Å². The number of hydrogen-bond donors (Lipinski definition) is 5. The summed E-state index contributed by atoms with van der Waals surface area (Å²) in [5, 5.41) is 17.2. The van der Waals surface area contributed by atoms with Crippen LogP contribution in [0.4, 0.5) is 16.5 Å². The van der Waals surface area contributed by atoms with Gasteiger partial charge in [0.15, 0.2) is 5.13 Å². The Bertz CT molecular complexity index is 1480. The number of benzene rings is 2. The second-order valence-electron chi connectivity index (χ2n) is 7.25. The van der Waals surface area contributed by atoms with Crippen molar-refractivity contribution in [3.63, 3.8) is 0 Å². The molecule has 6 N–H and O–H groups in total. The summed E-state index contributed by atoms with van der Waals surface area (Å²) >= 11 is 1.26. The minimum atomic E-state index is -3.62. The lowest BCUT2D eigenvalue weighted by Crippen LogP contribution is -2.20. The maximum atomic E-state index is 12.1. The molecule has 3 rings (SSSR count). The van der Waals surface area contributed by atoms with E-state index in [1.165, 1.54) is 17.4 Å². The second-order valence-corrected chi connectivity index (χ2v) is 10.0. The molecule has 0 atom stereocenters. The third-order valence-corrected chi connectivity index (χ3v) is 6.39. The topological polar surface area (TPSA) is 146 Å². The van der Waals surface area contributed by atoms with Gasteiger partial charge >= 0.3 is 0 Å². The Morgan fingerprint density at radius 2 is 2.03 bits per heavy atom. The highest BCUT2D eigenvalue weighted by Crippen LogP contribution is 2.31. The maximum Gasteiger partial charge on any atom is 0.233 e. The number of terminal acetylenes is 1. The van der Waals surface area contributed by atoms with Crippen molar-refractivity contribution in [2.24, 2.45) is 0 Å². The largest absolute Gasteiger partial charge is 0.506 e. The number of phenols is 1. The molecule has 2 aromatic carbocycles. The lowest BCUT2D eigenvalue weighted by atomic mass is 10.1.